The summed E-state index contributed by atoms with van der Waals surface area (Å²) in [6.07, 6.45) is -4.72. The maximum Gasteiger partial charge on any atom is 0.265 e. The molecule has 1 atom stereocenters. The Balaban J connectivity index is 2.71. The number of hydrogen-bond acceptors (Lipinski definition) is 3. The predicted octanol–water partition coefficient (Wildman–Crippen LogP) is 1.86. The number of rotatable bonds is 6. The van der Waals surface area contributed by atoms with Gasteiger partial charge in [-0.25, -0.2) is 8.78 Å². The van der Waals surface area contributed by atoms with Crippen molar-refractivity contribution in [2.24, 2.45) is 0 Å². The number of amides is 1. The van der Waals surface area contributed by atoms with Crippen LogP contribution < -0.4 is 10.6 Å². The van der Waals surface area contributed by atoms with Crippen LogP contribution in [-0.4, -0.2) is 36.1 Å². The summed E-state index contributed by atoms with van der Waals surface area (Å²) in [5.74, 6) is -0.497. The van der Waals surface area contributed by atoms with Crippen LogP contribution in [0.3, 0.4) is 0 Å². The number of nitrogens with one attached hydrogen (secondary N) is 2. The molecule has 106 valence electrons. The van der Waals surface area contributed by atoms with Gasteiger partial charge in [-0.3, -0.25) is 4.79 Å². The van der Waals surface area contributed by atoms with E-state index in [1.165, 1.54) is 0 Å². The zero-order valence-corrected chi connectivity index (χ0v) is 10.9. The summed E-state index contributed by atoms with van der Waals surface area (Å²) < 4.78 is 24.2. The maximum atomic E-state index is 12.1. The summed E-state index contributed by atoms with van der Waals surface area (Å²) in [7, 11) is 0. The second-order valence-electron chi connectivity index (χ2n) is 4.46. The Kier molecular flexibility index (Phi) is 5.69. The number of hydrogen-bond donors (Lipinski definition) is 3. The van der Waals surface area contributed by atoms with Crippen molar-refractivity contribution in [3.63, 3.8) is 0 Å². The zero-order valence-electron chi connectivity index (χ0n) is 10.9. The molecule has 0 aromatic heterocycles. The minimum Gasteiger partial charge on any atom is -0.385 e. The van der Waals surface area contributed by atoms with E-state index in [-0.39, 0.29) is 6.04 Å². The molecule has 0 aliphatic carbocycles. The number of halogens is 2. The molecule has 0 spiro atoms. The molecular weight excluding hydrogens is 254 g/mol. The van der Waals surface area contributed by atoms with Gasteiger partial charge in [0, 0.05) is 18.3 Å². The van der Waals surface area contributed by atoms with Crippen LogP contribution in [0.15, 0.2) is 24.3 Å². The Morgan fingerprint density at radius 3 is 2.53 bits per heavy atom. The Hall–Kier alpha value is -1.69. The van der Waals surface area contributed by atoms with Gasteiger partial charge >= 0.3 is 0 Å². The number of carbonyl (C=O) groups excluding carboxylic acids is 1. The van der Waals surface area contributed by atoms with Crippen molar-refractivity contribution >= 4 is 11.6 Å². The highest BCUT2D eigenvalue weighted by molar-refractivity contribution is 5.99. The van der Waals surface area contributed by atoms with Crippen LogP contribution in [0.4, 0.5) is 14.5 Å². The van der Waals surface area contributed by atoms with E-state index in [0.29, 0.717) is 11.3 Å². The minimum absolute atomic E-state index is 0.139. The number of carbonyl (C=O) groups is 1. The van der Waals surface area contributed by atoms with Crippen LogP contribution in [0.5, 0.6) is 0 Å². The molecule has 1 unspecified atom stereocenters. The van der Waals surface area contributed by atoms with E-state index in [2.05, 4.69) is 10.6 Å². The average Bonchev–Trinajstić information content (AvgIpc) is 2.35. The van der Waals surface area contributed by atoms with Gasteiger partial charge in [-0.15, -0.1) is 0 Å². The lowest BCUT2D eigenvalue weighted by Crippen LogP contribution is -2.36. The minimum atomic E-state index is -2.87. The lowest BCUT2D eigenvalue weighted by atomic mass is 10.1. The Morgan fingerprint density at radius 1 is 1.32 bits per heavy atom. The SMILES string of the molecule is CC(C)Nc1ccccc1C(=O)NCC(O)C(F)F. The number of benzene rings is 1. The van der Waals surface area contributed by atoms with E-state index in [1.807, 2.05) is 13.8 Å². The smallest absolute Gasteiger partial charge is 0.265 e. The first-order valence-corrected chi connectivity index (χ1v) is 6.01. The van der Waals surface area contributed by atoms with Gasteiger partial charge in [0.1, 0.15) is 6.10 Å². The lowest BCUT2D eigenvalue weighted by Gasteiger charge is -2.15. The molecule has 1 aromatic carbocycles. The highest BCUT2D eigenvalue weighted by Crippen LogP contribution is 2.16. The fraction of sp³-hybridized carbons (Fsp3) is 0.462. The van der Waals surface area contributed by atoms with Gasteiger partial charge in [-0.1, -0.05) is 12.1 Å². The molecule has 0 saturated heterocycles. The Morgan fingerprint density at radius 2 is 1.95 bits per heavy atom. The second-order valence-corrected chi connectivity index (χ2v) is 4.46. The van der Waals surface area contributed by atoms with Crippen molar-refractivity contribution in [2.75, 3.05) is 11.9 Å². The largest absolute Gasteiger partial charge is 0.385 e. The van der Waals surface area contributed by atoms with E-state index in [9.17, 15) is 13.6 Å². The van der Waals surface area contributed by atoms with Gasteiger partial charge in [0.15, 0.2) is 0 Å². The molecule has 19 heavy (non-hydrogen) atoms. The summed E-state index contributed by atoms with van der Waals surface area (Å²) >= 11 is 0. The summed E-state index contributed by atoms with van der Waals surface area (Å²) in [6, 6.07) is 6.92. The predicted molar refractivity (Wildman–Crippen MR) is 69.5 cm³/mol. The summed E-state index contributed by atoms with van der Waals surface area (Å²) in [6.45, 7) is 3.37. The zero-order chi connectivity index (χ0) is 14.4. The number of alkyl halides is 2. The van der Waals surface area contributed by atoms with Crippen LogP contribution in [0.25, 0.3) is 0 Å². The van der Waals surface area contributed by atoms with Gasteiger partial charge in [0.25, 0.3) is 12.3 Å². The fourth-order valence-electron chi connectivity index (χ4n) is 1.50. The number of aliphatic hydroxyl groups is 1. The summed E-state index contributed by atoms with van der Waals surface area (Å²) in [5.41, 5.74) is 0.985. The molecule has 0 aliphatic heterocycles. The lowest BCUT2D eigenvalue weighted by molar-refractivity contribution is -0.00269. The van der Waals surface area contributed by atoms with E-state index >= 15 is 0 Å². The van der Waals surface area contributed by atoms with Crippen LogP contribution in [0.1, 0.15) is 24.2 Å². The van der Waals surface area contributed by atoms with Crippen LogP contribution in [0.2, 0.25) is 0 Å². The highest BCUT2D eigenvalue weighted by Gasteiger charge is 2.18. The Labute approximate surface area is 110 Å². The third-order valence-electron chi connectivity index (χ3n) is 2.38. The van der Waals surface area contributed by atoms with Gasteiger partial charge < -0.3 is 15.7 Å². The topological polar surface area (TPSA) is 61.4 Å². The fourth-order valence-corrected chi connectivity index (χ4v) is 1.50. The molecule has 0 fully saturated rings. The molecule has 0 saturated carbocycles. The molecular formula is C13H18F2N2O2. The highest BCUT2D eigenvalue weighted by atomic mass is 19.3. The number of anilines is 1. The average molecular weight is 272 g/mol. The quantitative estimate of drug-likeness (QED) is 0.741. The third-order valence-corrected chi connectivity index (χ3v) is 2.38. The maximum absolute atomic E-state index is 12.1. The van der Waals surface area contributed by atoms with E-state index in [4.69, 9.17) is 5.11 Å². The van der Waals surface area contributed by atoms with Crippen LogP contribution >= 0.6 is 0 Å². The normalized spacial score (nSPS) is 12.6. The summed E-state index contributed by atoms with van der Waals surface area (Å²) in [4.78, 5) is 11.9. The van der Waals surface area contributed by atoms with Crippen molar-refractivity contribution in [1.29, 1.82) is 0 Å². The molecule has 4 nitrogen and oxygen atoms in total. The number of aliphatic hydroxyl groups excluding tert-OH is 1. The molecule has 3 N–H and O–H groups in total. The van der Waals surface area contributed by atoms with Crippen molar-refractivity contribution in [1.82, 2.24) is 5.32 Å². The van der Waals surface area contributed by atoms with Crippen LogP contribution in [0, 0.1) is 0 Å². The van der Waals surface area contributed by atoms with Crippen LogP contribution in [-0.2, 0) is 0 Å². The molecule has 1 rings (SSSR count). The first-order chi connectivity index (χ1) is 8.91. The first-order valence-electron chi connectivity index (χ1n) is 6.01. The van der Waals surface area contributed by atoms with Crippen molar-refractivity contribution < 1.29 is 18.7 Å². The monoisotopic (exact) mass is 272 g/mol. The molecule has 0 bridgehead atoms. The summed E-state index contributed by atoms with van der Waals surface area (Å²) in [5, 5.41) is 14.3. The third kappa shape index (κ3) is 4.82. The number of para-hydroxylation sites is 1. The Bertz CT molecular complexity index is 425. The van der Waals surface area contributed by atoms with Crippen molar-refractivity contribution in [2.45, 2.75) is 32.4 Å². The van der Waals surface area contributed by atoms with Crippen molar-refractivity contribution in [3.05, 3.63) is 29.8 Å². The van der Waals surface area contributed by atoms with Gasteiger partial charge in [0.2, 0.25) is 0 Å². The second kappa shape index (κ2) is 7.04. The molecule has 1 amide bonds. The van der Waals surface area contributed by atoms with E-state index in [0.717, 1.165) is 0 Å². The van der Waals surface area contributed by atoms with Gasteiger partial charge in [-0.05, 0) is 26.0 Å². The van der Waals surface area contributed by atoms with Gasteiger partial charge in [-0.2, -0.15) is 0 Å². The standard InChI is InChI=1S/C13H18F2N2O2/c1-8(2)17-10-6-4-3-5-9(10)13(19)16-7-11(18)12(14)15/h3-6,8,11-12,17-18H,7H2,1-2H3,(H,16,19). The van der Waals surface area contributed by atoms with Crippen molar-refractivity contribution in [3.8, 4) is 0 Å². The molecule has 0 radical (unpaired) electrons. The molecule has 6 heteroatoms. The van der Waals surface area contributed by atoms with Gasteiger partial charge in [0.05, 0.1) is 5.56 Å². The molecule has 1 aromatic rings. The first kappa shape index (κ1) is 15.4. The van der Waals surface area contributed by atoms with E-state index < -0.39 is 25.0 Å². The van der Waals surface area contributed by atoms with E-state index in [1.54, 1.807) is 24.3 Å². The molecule has 0 heterocycles. The molecule has 0 aliphatic rings.